The molecule has 0 unspecified atom stereocenters. The number of benzene rings is 1. The third-order valence-electron chi connectivity index (χ3n) is 2.81. The summed E-state index contributed by atoms with van der Waals surface area (Å²) < 4.78 is 24.7. The van der Waals surface area contributed by atoms with E-state index in [1.165, 1.54) is 6.26 Å². The normalized spacial score (nSPS) is 23.1. The van der Waals surface area contributed by atoms with Crippen LogP contribution in [0, 0.1) is 0 Å². The highest BCUT2D eigenvalue weighted by atomic mass is 32.2. The van der Waals surface area contributed by atoms with Gasteiger partial charge in [0.2, 0.25) is 10.0 Å². The fourth-order valence-corrected chi connectivity index (χ4v) is 3.30. The summed E-state index contributed by atoms with van der Waals surface area (Å²) in [5, 5.41) is 0. The number of hydrogen-bond acceptors (Lipinski definition) is 2. The maximum atomic E-state index is 11.5. The monoisotopic (exact) mass is 225 g/mol. The Morgan fingerprint density at radius 3 is 2.53 bits per heavy atom. The van der Waals surface area contributed by atoms with Crippen LogP contribution in [0.5, 0.6) is 0 Å². The van der Waals surface area contributed by atoms with Crippen LogP contribution >= 0.6 is 0 Å². The summed E-state index contributed by atoms with van der Waals surface area (Å²) >= 11 is 0. The lowest BCUT2D eigenvalue weighted by atomic mass is 10.1. The van der Waals surface area contributed by atoms with Crippen molar-refractivity contribution in [2.75, 3.05) is 12.8 Å². The van der Waals surface area contributed by atoms with E-state index in [9.17, 15) is 8.42 Å². The van der Waals surface area contributed by atoms with Gasteiger partial charge in [0.1, 0.15) is 0 Å². The molecule has 1 aromatic carbocycles. The van der Waals surface area contributed by atoms with Gasteiger partial charge in [0.15, 0.2) is 0 Å². The topological polar surface area (TPSA) is 37.4 Å². The average molecular weight is 225 g/mol. The molecular formula is C11H15NO2S. The van der Waals surface area contributed by atoms with E-state index in [2.05, 4.69) is 0 Å². The Hall–Kier alpha value is -0.870. The second-order valence-electron chi connectivity index (χ2n) is 3.94. The molecule has 0 saturated carbocycles. The van der Waals surface area contributed by atoms with Crippen LogP contribution < -0.4 is 0 Å². The van der Waals surface area contributed by atoms with E-state index in [0.717, 1.165) is 18.4 Å². The molecule has 82 valence electrons. The second kappa shape index (κ2) is 3.94. The Morgan fingerprint density at radius 1 is 1.27 bits per heavy atom. The number of rotatable bonds is 2. The van der Waals surface area contributed by atoms with Gasteiger partial charge in [-0.05, 0) is 18.4 Å². The second-order valence-corrected chi connectivity index (χ2v) is 5.88. The fourth-order valence-electron chi connectivity index (χ4n) is 2.15. The first-order chi connectivity index (χ1) is 7.09. The minimum atomic E-state index is -3.07. The van der Waals surface area contributed by atoms with Crippen molar-refractivity contribution < 1.29 is 8.42 Å². The van der Waals surface area contributed by atoms with Crippen molar-refractivity contribution in [3.05, 3.63) is 35.9 Å². The lowest BCUT2D eigenvalue weighted by Gasteiger charge is -2.22. The Balaban J connectivity index is 2.30. The molecule has 1 aliphatic rings. The minimum Gasteiger partial charge on any atom is -0.212 e. The van der Waals surface area contributed by atoms with Gasteiger partial charge in [-0.25, -0.2) is 8.42 Å². The molecule has 15 heavy (non-hydrogen) atoms. The lowest BCUT2D eigenvalue weighted by molar-refractivity contribution is 0.400. The lowest BCUT2D eigenvalue weighted by Crippen LogP contribution is -2.29. The van der Waals surface area contributed by atoms with Crippen LogP contribution in [0.1, 0.15) is 24.4 Å². The molecule has 1 atom stereocenters. The number of nitrogens with zero attached hydrogens (tertiary/aromatic N) is 1. The molecule has 0 spiro atoms. The third kappa shape index (κ3) is 2.21. The van der Waals surface area contributed by atoms with Gasteiger partial charge in [0.05, 0.1) is 6.26 Å². The first-order valence-electron chi connectivity index (χ1n) is 5.11. The van der Waals surface area contributed by atoms with Gasteiger partial charge >= 0.3 is 0 Å². The standard InChI is InChI=1S/C11H15NO2S/c1-15(13,14)12-9-5-8-11(12)10-6-3-2-4-7-10/h2-4,6-7,11H,5,8-9H2,1H3/t11-/m1/s1. The van der Waals surface area contributed by atoms with Crippen LogP contribution in [0.3, 0.4) is 0 Å². The predicted octanol–water partition coefficient (Wildman–Crippen LogP) is 1.78. The van der Waals surface area contributed by atoms with Gasteiger partial charge in [-0.2, -0.15) is 4.31 Å². The van der Waals surface area contributed by atoms with Crippen molar-refractivity contribution in [2.24, 2.45) is 0 Å². The highest BCUT2D eigenvalue weighted by Gasteiger charge is 2.32. The van der Waals surface area contributed by atoms with Gasteiger partial charge < -0.3 is 0 Å². The Morgan fingerprint density at radius 2 is 1.93 bits per heavy atom. The average Bonchev–Trinajstić information content (AvgIpc) is 2.67. The van der Waals surface area contributed by atoms with Crippen molar-refractivity contribution >= 4 is 10.0 Å². The molecule has 1 aromatic rings. The quantitative estimate of drug-likeness (QED) is 0.769. The Bertz CT molecular complexity index is 427. The summed E-state index contributed by atoms with van der Waals surface area (Å²) in [6, 6.07) is 9.88. The molecule has 4 heteroatoms. The highest BCUT2D eigenvalue weighted by Crippen LogP contribution is 2.33. The highest BCUT2D eigenvalue weighted by molar-refractivity contribution is 7.88. The van der Waals surface area contributed by atoms with E-state index >= 15 is 0 Å². The maximum absolute atomic E-state index is 11.5. The molecule has 1 aliphatic heterocycles. The molecule has 0 bridgehead atoms. The van der Waals surface area contributed by atoms with Crippen LogP contribution in [0.25, 0.3) is 0 Å². The Kier molecular flexibility index (Phi) is 2.80. The van der Waals surface area contributed by atoms with Crippen molar-refractivity contribution in [3.63, 3.8) is 0 Å². The van der Waals surface area contributed by atoms with Crippen LogP contribution in [-0.2, 0) is 10.0 Å². The smallest absolute Gasteiger partial charge is 0.211 e. The van der Waals surface area contributed by atoms with E-state index in [1.807, 2.05) is 30.3 Å². The molecule has 1 fully saturated rings. The third-order valence-corrected chi connectivity index (χ3v) is 4.10. The zero-order valence-corrected chi connectivity index (χ0v) is 9.57. The Labute approximate surface area is 90.8 Å². The predicted molar refractivity (Wildman–Crippen MR) is 60.0 cm³/mol. The van der Waals surface area contributed by atoms with E-state index < -0.39 is 10.0 Å². The summed E-state index contributed by atoms with van der Waals surface area (Å²) in [7, 11) is -3.07. The molecule has 2 rings (SSSR count). The zero-order valence-electron chi connectivity index (χ0n) is 8.76. The van der Waals surface area contributed by atoms with Crippen LogP contribution in [0.2, 0.25) is 0 Å². The van der Waals surface area contributed by atoms with Crippen LogP contribution in [0.4, 0.5) is 0 Å². The summed E-state index contributed by atoms with van der Waals surface area (Å²) in [5.74, 6) is 0. The summed E-state index contributed by atoms with van der Waals surface area (Å²) in [6.45, 7) is 0.651. The molecular weight excluding hydrogens is 210 g/mol. The van der Waals surface area contributed by atoms with Crippen molar-refractivity contribution in [3.8, 4) is 0 Å². The molecule has 0 aromatic heterocycles. The van der Waals surface area contributed by atoms with Gasteiger partial charge in [-0.3, -0.25) is 0 Å². The molecule has 0 N–H and O–H groups in total. The summed E-state index contributed by atoms with van der Waals surface area (Å²) in [5.41, 5.74) is 1.10. The first kappa shape index (κ1) is 10.6. The fraction of sp³-hybridized carbons (Fsp3) is 0.455. The van der Waals surface area contributed by atoms with E-state index in [4.69, 9.17) is 0 Å². The SMILES string of the molecule is CS(=O)(=O)N1CCC[C@@H]1c1ccccc1. The molecule has 0 radical (unpaired) electrons. The summed E-state index contributed by atoms with van der Waals surface area (Å²) in [6.07, 6.45) is 3.16. The van der Waals surface area contributed by atoms with Crippen molar-refractivity contribution in [1.29, 1.82) is 0 Å². The maximum Gasteiger partial charge on any atom is 0.211 e. The van der Waals surface area contributed by atoms with E-state index in [0.29, 0.717) is 6.54 Å². The van der Waals surface area contributed by atoms with E-state index in [1.54, 1.807) is 4.31 Å². The minimum absolute atomic E-state index is 0.0428. The molecule has 1 saturated heterocycles. The van der Waals surface area contributed by atoms with Gasteiger partial charge in [0, 0.05) is 12.6 Å². The van der Waals surface area contributed by atoms with Gasteiger partial charge in [-0.1, -0.05) is 30.3 Å². The molecule has 1 heterocycles. The zero-order chi connectivity index (χ0) is 10.9. The molecule has 0 amide bonds. The van der Waals surface area contributed by atoms with Crippen molar-refractivity contribution in [1.82, 2.24) is 4.31 Å². The van der Waals surface area contributed by atoms with Crippen LogP contribution in [0.15, 0.2) is 30.3 Å². The van der Waals surface area contributed by atoms with Crippen LogP contribution in [-0.4, -0.2) is 25.5 Å². The first-order valence-corrected chi connectivity index (χ1v) is 6.95. The summed E-state index contributed by atoms with van der Waals surface area (Å²) in [4.78, 5) is 0. The number of sulfonamides is 1. The van der Waals surface area contributed by atoms with Gasteiger partial charge in [-0.15, -0.1) is 0 Å². The van der Waals surface area contributed by atoms with Gasteiger partial charge in [0.25, 0.3) is 0 Å². The molecule has 0 aliphatic carbocycles. The molecule has 3 nitrogen and oxygen atoms in total. The van der Waals surface area contributed by atoms with E-state index in [-0.39, 0.29) is 6.04 Å². The largest absolute Gasteiger partial charge is 0.212 e. The van der Waals surface area contributed by atoms with Crippen molar-refractivity contribution in [2.45, 2.75) is 18.9 Å². The number of hydrogen-bond donors (Lipinski definition) is 0.